The maximum absolute atomic E-state index is 5.16. The molecule has 0 aliphatic rings. The maximum Gasteiger partial charge on any atom is 0.177 e. The fourth-order valence-corrected chi connectivity index (χ4v) is 0.521. The van der Waals surface area contributed by atoms with E-state index >= 15 is 0 Å². The Morgan fingerprint density at radius 2 is 2.10 bits per heavy atom. The van der Waals surface area contributed by atoms with Crippen LogP contribution in [0.2, 0.25) is 0 Å². The van der Waals surface area contributed by atoms with Crippen LogP contribution in [0.4, 0.5) is 0 Å². The number of ether oxygens (including phenoxy) is 2. The van der Waals surface area contributed by atoms with E-state index in [0.717, 1.165) is 19.6 Å². The van der Waals surface area contributed by atoms with Crippen molar-refractivity contribution in [2.45, 2.75) is 6.42 Å². The summed E-state index contributed by atoms with van der Waals surface area (Å²) in [5.74, 6) is 0. The molecule has 2 radical (unpaired) electrons. The summed E-state index contributed by atoms with van der Waals surface area (Å²) in [6.45, 7) is 2.87. The summed E-state index contributed by atoms with van der Waals surface area (Å²) in [4.78, 5) is 0. The first-order valence-electron chi connectivity index (χ1n) is 3.42. The van der Waals surface area contributed by atoms with Crippen LogP contribution in [-0.4, -0.2) is 41.5 Å². The number of methoxy groups -OCH3 is 1. The lowest BCUT2D eigenvalue weighted by Gasteiger charge is -2.01. The van der Waals surface area contributed by atoms with Crippen LogP contribution in [0.3, 0.4) is 0 Å². The molecule has 0 unspecified atom stereocenters. The van der Waals surface area contributed by atoms with Crippen LogP contribution in [0, 0.1) is 0 Å². The molecular formula is C6H14BNO2. The van der Waals surface area contributed by atoms with Gasteiger partial charge in [-0.15, -0.1) is 0 Å². The average molecular weight is 143 g/mol. The quantitative estimate of drug-likeness (QED) is 0.392. The largest absolute Gasteiger partial charge is 0.382 e. The van der Waals surface area contributed by atoms with Crippen LogP contribution in [0.15, 0.2) is 0 Å². The number of hydrogen-bond donors (Lipinski definition) is 1. The third-order valence-electron chi connectivity index (χ3n) is 1.04. The van der Waals surface area contributed by atoms with E-state index in [-0.39, 0.29) is 0 Å². The van der Waals surface area contributed by atoms with E-state index in [1.807, 2.05) is 0 Å². The van der Waals surface area contributed by atoms with Crippen molar-refractivity contribution in [3.63, 3.8) is 0 Å². The molecule has 0 amide bonds. The monoisotopic (exact) mass is 143 g/mol. The predicted octanol–water partition coefficient (Wildman–Crippen LogP) is -0.287. The third-order valence-corrected chi connectivity index (χ3v) is 1.04. The Morgan fingerprint density at radius 1 is 1.30 bits per heavy atom. The van der Waals surface area contributed by atoms with Gasteiger partial charge in [0.1, 0.15) is 0 Å². The number of nitrogens with one attached hydrogen (secondary N) is 1. The average Bonchev–Trinajstić information content (AvgIpc) is 1.97. The van der Waals surface area contributed by atoms with Crippen molar-refractivity contribution < 1.29 is 9.47 Å². The zero-order valence-electron chi connectivity index (χ0n) is 6.43. The molecule has 0 aromatic rings. The molecule has 3 nitrogen and oxygen atoms in total. The van der Waals surface area contributed by atoms with Crippen LogP contribution in [0.1, 0.15) is 6.42 Å². The van der Waals surface area contributed by atoms with Gasteiger partial charge in [-0.2, -0.15) is 0 Å². The molecular weight excluding hydrogens is 129 g/mol. The molecule has 0 aromatic heterocycles. The summed E-state index contributed by atoms with van der Waals surface area (Å²) in [6, 6.07) is 0. The van der Waals surface area contributed by atoms with E-state index in [2.05, 4.69) is 5.23 Å². The molecule has 0 saturated heterocycles. The topological polar surface area (TPSA) is 30.5 Å². The Hall–Kier alpha value is -0.0551. The van der Waals surface area contributed by atoms with Gasteiger partial charge in [0.05, 0.1) is 13.2 Å². The smallest absolute Gasteiger partial charge is 0.177 e. The van der Waals surface area contributed by atoms with Gasteiger partial charge in [0.25, 0.3) is 0 Å². The molecule has 1 N–H and O–H groups in total. The first-order valence-corrected chi connectivity index (χ1v) is 3.42. The van der Waals surface area contributed by atoms with Gasteiger partial charge in [-0.05, 0) is 13.0 Å². The lowest BCUT2D eigenvalue weighted by Crippen LogP contribution is -2.13. The molecule has 0 aliphatic heterocycles. The fraction of sp³-hybridized carbons (Fsp3) is 1.00. The van der Waals surface area contributed by atoms with Gasteiger partial charge in [0, 0.05) is 13.7 Å². The van der Waals surface area contributed by atoms with E-state index in [9.17, 15) is 0 Å². The Labute approximate surface area is 63.5 Å². The minimum Gasteiger partial charge on any atom is -0.382 e. The summed E-state index contributed by atoms with van der Waals surface area (Å²) >= 11 is 0. The minimum atomic E-state index is 0.663. The summed E-state index contributed by atoms with van der Waals surface area (Å²) in [5, 5.41) is 2.55. The van der Waals surface area contributed by atoms with Crippen molar-refractivity contribution in [2.24, 2.45) is 0 Å². The lowest BCUT2D eigenvalue weighted by molar-refractivity contribution is 0.0699. The van der Waals surface area contributed by atoms with Crippen LogP contribution in [0.5, 0.6) is 0 Å². The van der Waals surface area contributed by atoms with Crippen LogP contribution in [0.25, 0.3) is 0 Å². The Bertz CT molecular complexity index is 55.7. The summed E-state index contributed by atoms with van der Waals surface area (Å²) < 4.78 is 9.94. The molecule has 0 heterocycles. The van der Waals surface area contributed by atoms with Crippen molar-refractivity contribution in [3.05, 3.63) is 0 Å². The normalized spacial score (nSPS) is 10.1. The fourth-order valence-electron chi connectivity index (χ4n) is 0.521. The summed E-state index contributed by atoms with van der Waals surface area (Å²) in [5.41, 5.74) is 0. The second-order valence-corrected chi connectivity index (χ2v) is 1.91. The van der Waals surface area contributed by atoms with Crippen molar-refractivity contribution in [1.29, 1.82) is 0 Å². The number of hydrogen-bond acceptors (Lipinski definition) is 3. The van der Waals surface area contributed by atoms with Crippen LogP contribution < -0.4 is 5.23 Å². The van der Waals surface area contributed by atoms with Crippen molar-refractivity contribution in [3.8, 4) is 0 Å². The highest BCUT2D eigenvalue weighted by atomic mass is 16.5. The van der Waals surface area contributed by atoms with Gasteiger partial charge < -0.3 is 14.7 Å². The molecule has 0 spiro atoms. The lowest BCUT2D eigenvalue weighted by atomic mass is 10.3. The Morgan fingerprint density at radius 3 is 2.70 bits per heavy atom. The van der Waals surface area contributed by atoms with Crippen molar-refractivity contribution >= 4 is 7.98 Å². The van der Waals surface area contributed by atoms with Crippen LogP contribution >= 0.6 is 0 Å². The molecule has 0 aliphatic carbocycles. The Kier molecular flexibility index (Phi) is 8.90. The van der Waals surface area contributed by atoms with E-state index in [0.29, 0.717) is 13.2 Å². The highest BCUT2D eigenvalue weighted by Crippen LogP contribution is 1.80. The number of rotatable bonds is 7. The van der Waals surface area contributed by atoms with Gasteiger partial charge >= 0.3 is 0 Å². The summed E-state index contributed by atoms with van der Waals surface area (Å²) in [7, 11) is 6.70. The Balaban J connectivity index is 2.65. The molecule has 0 rings (SSSR count). The second kappa shape index (κ2) is 8.94. The van der Waals surface area contributed by atoms with Gasteiger partial charge in [-0.3, -0.25) is 0 Å². The molecule has 58 valence electrons. The van der Waals surface area contributed by atoms with E-state index < -0.39 is 0 Å². The molecule has 4 heteroatoms. The highest BCUT2D eigenvalue weighted by molar-refractivity contribution is 6.04. The predicted molar refractivity (Wildman–Crippen MR) is 41.1 cm³/mol. The maximum atomic E-state index is 5.16. The van der Waals surface area contributed by atoms with Gasteiger partial charge in [0.2, 0.25) is 0 Å². The van der Waals surface area contributed by atoms with Crippen LogP contribution in [-0.2, 0) is 9.47 Å². The first kappa shape index (κ1) is 9.94. The molecule has 0 aromatic carbocycles. The standard InChI is InChI=1S/C6H14BNO2/c1-9-5-6-10-4-2-3-8-7/h8H,2-6H2,1H3. The molecule has 0 saturated carbocycles. The van der Waals surface area contributed by atoms with Crippen molar-refractivity contribution in [2.75, 3.05) is 33.5 Å². The molecule has 0 bridgehead atoms. The van der Waals surface area contributed by atoms with Gasteiger partial charge in [-0.25, -0.2) is 0 Å². The third kappa shape index (κ3) is 7.94. The highest BCUT2D eigenvalue weighted by Gasteiger charge is 1.86. The van der Waals surface area contributed by atoms with Crippen molar-refractivity contribution in [1.82, 2.24) is 5.23 Å². The second-order valence-electron chi connectivity index (χ2n) is 1.91. The first-order chi connectivity index (χ1) is 4.91. The summed E-state index contributed by atoms with van der Waals surface area (Å²) in [6.07, 6.45) is 0.945. The van der Waals surface area contributed by atoms with E-state index in [4.69, 9.17) is 17.5 Å². The van der Waals surface area contributed by atoms with Gasteiger partial charge in [-0.1, -0.05) is 0 Å². The molecule has 10 heavy (non-hydrogen) atoms. The zero-order valence-corrected chi connectivity index (χ0v) is 6.43. The van der Waals surface area contributed by atoms with E-state index in [1.165, 1.54) is 0 Å². The molecule has 0 fully saturated rings. The SMILES string of the molecule is [B]NCCCOCCOC. The zero-order chi connectivity index (χ0) is 7.66. The van der Waals surface area contributed by atoms with Gasteiger partial charge in [0.15, 0.2) is 7.98 Å². The minimum absolute atomic E-state index is 0.663. The molecule has 0 atom stereocenters. The van der Waals surface area contributed by atoms with E-state index in [1.54, 1.807) is 7.11 Å².